The van der Waals surface area contributed by atoms with Crippen molar-refractivity contribution in [1.29, 1.82) is 0 Å². The van der Waals surface area contributed by atoms with Crippen molar-refractivity contribution in [2.75, 3.05) is 13.1 Å². The van der Waals surface area contributed by atoms with Crippen LogP contribution in [0.25, 0.3) is 0 Å². The number of hydrogen-bond acceptors (Lipinski definition) is 2. The summed E-state index contributed by atoms with van der Waals surface area (Å²) in [7, 11) is 0. The molecule has 0 aromatic heterocycles. The lowest BCUT2D eigenvalue weighted by atomic mass is 10.1. The highest BCUT2D eigenvalue weighted by Crippen LogP contribution is 2.30. The third kappa shape index (κ3) is 3.47. The molecule has 1 aliphatic rings. The Morgan fingerprint density at radius 2 is 2.10 bits per heavy atom. The minimum absolute atomic E-state index is 0.190. The van der Waals surface area contributed by atoms with Gasteiger partial charge in [-0.1, -0.05) is 0 Å². The molecule has 2 N–H and O–H groups in total. The summed E-state index contributed by atoms with van der Waals surface area (Å²) in [6.07, 6.45) is -3.02. The van der Waals surface area contributed by atoms with E-state index in [1.807, 2.05) is 0 Å². The summed E-state index contributed by atoms with van der Waals surface area (Å²) in [6, 6.07) is 1.64. The van der Waals surface area contributed by atoms with Crippen molar-refractivity contribution in [2.24, 2.45) is 0 Å². The number of carbonyl (C=O) groups excluding carboxylic acids is 1. The van der Waals surface area contributed by atoms with Crippen molar-refractivity contribution in [2.45, 2.75) is 25.1 Å². The highest BCUT2D eigenvalue weighted by molar-refractivity contribution is 5.94. The van der Waals surface area contributed by atoms with Gasteiger partial charge in [-0.05, 0) is 37.6 Å². The van der Waals surface area contributed by atoms with Crippen LogP contribution in [0.2, 0.25) is 0 Å². The first kappa shape index (κ1) is 14.8. The molecule has 1 aromatic carbocycles. The second-order valence-corrected chi connectivity index (χ2v) is 4.71. The number of carbonyl (C=O) groups is 1. The maximum absolute atomic E-state index is 13.5. The van der Waals surface area contributed by atoms with Crippen molar-refractivity contribution in [3.63, 3.8) is 0 Å². The van der Waals surface area contributed by atoms with Gasteiger partial charge in [-0.15, -0.1) is 0 Å². The topological polar surface area (TPSA) is 41.1 Å². The summed E-state index contributed by atoms with van der Waals surface area (Å²) in [5.74, 6) is -1.78. The van der Waals surface area contributed by atoms with Crippen molar-refractivity contribution in [3.8, 4) is 0 Å². The molecule has 110 valence electrons. The SMILES string of the molecule is O=C(N[C@H]1CCCNC1)c1cc(C(F)(F)F)ccc1F. The molecule has 0 aliphatic carbocycles. The Labute approximate surface area is 113 Å². The minimum atomic E-state index is -4.60. The van der Waals surface area contributed by atoms with Crippen LogP contribution in [-0.2, 0) is 6.18 Å². The standard InChI is InChI=1S/C13H14F4N2O/c14-11-4-3-8(13(15,16)17)6-10(11)12(20)19-9-2-1-5-18-7-9/h3-4,6,9,18H,1-2,5,7H2,(H,19,20)/t9-/m0/s1. The molecule has 20 heavy (non-hydrogen) atoms. The Bertz CT molecular complexity index is 496. The second-order valence-electron chi connectivity index (χ2n) is 4.71. The number of nitrogens with one attached hydrogen (secondary N) is 2. The number of alkyl halides is 3. The molecule has 0 unspecified atom stereocenters. The van der Waals surface area contributed by atoms with Gasteiger partial charge in [-0.3, -0.25) is 4.79 Å². The Morgan fingerprint density at radius 3 is 2.70 bits per heavy atom. The van der Waals surface area contributed by atoms with Crippen LogP contribution < -0.4 is 10.6 Å². The smallest absolute Gasteiger partial charge is 0.348 e. The highest BCUT2D eigenvalue weighted by Gasteiger charge is 2.32. The third-order valence-corrected chi connectivity index (χ3v) is 3.17. The fourth-order valence-corrected chi connectivity index (χ4v) is 2.11. The molecule has 1 aliphatic heterocycles. The molecule has 2 rings (SSSR count). The number of hydrogen-bond donors (Lipinski definition) is 2. The van der Waals surface area contributed by atoms with Gasteiger partial charge in [-0.2, -0.15) is 13.2 Å². The van der Waals surface area contributed by atoms with Crippen LogP contribution in [0, 0.1) is 5.82 Å². The van der Waals surface area contributed by atoms with Crippen LogP contribution in [0.4, 0.5) is 17.6 Å². The summed E-state index contributed by atoms with van der Waals surface area (Å²) in [5.41, 5.74) is -1.61. The molecule has 1 atom stereocenters. The Balaban J connectivity index is 2.16. The lowest BCUT2D eigenvalue weighted by Gasteiger charge is -2.24. The second kappa shape index (κ2) is 5.78. The maximum Gasteiger partial charge on any atom is 0.416 e. The molecule has 1 amide bonds. The molecule has 1 heterocycles. The minimum Gasteiger partial charge on any atom is -0.348 e. The number of rotatable bonds is 2. The zero-order chi connectivity index (χ0) is 14.8. The quantitative estimate of drug-likeness (QED) is 0.821. The van der Waals surface area contributed by atoms with Crippen molar-refractivity contribution in [1.82, 2.24) is 10.6 Å². The van der Waals surface area contributed by atoms with E-state index < -0.39 is 29.0 Å². The lowest BCUT2D eigenvalue weighted by molar-refractivity contribution is -0.137. The molecular formula is C13H14F4N2O. The maximum atomic E-state index is 13.5. The summed E-state index contributed by atoms with van der Waals surface area (Å²) in [6.45, 7) is 1.37. The van der Waals surface area contributed by atoms with E-state index in [1.165, 1.54) is 0 Å². The lowest BCUT2D eigenvalue weighted by Crippen LogP contribution is -2.45. The summed E-state index contributed by atoms with van der Waals surface area (Å²) < 4.78 is 51.2. The van der Waals surface area contributed by atoms with Crippen molar-refractivity contribution >= 4 is 5.91 Å². The summed E-state index contributed by atoms with van der Waals surface area (Å²) >= 11 is 0. The average molecular weight is 290 g/mol. The van der Waals surface area contributed by atoms with Crippen LogP contribution in [0.5, 0.6) is 0 Å². The van der Waals surface area contributed by atoms with E-state index in [4.69, 9.17) is 0 Å². The summed E-state index contributed by atoms with van der Waals surface area (Å²) in [5, 5.41) is 5.60. The van der Waals surface area contributed by atoms with E-state index in [0.29, 0.717) is 24.7 Å². The Hall–Kier alpha value is -1.63. The fraction of sp³-hybridized carbons (Fsp3) is 0.462. The van der Waals surface area contributed by atoms with Gasteiger partial charge in [0.2, 0.25) is 0 Å². The molecule has 0 spiro atoms. The van der Waals surface area contributed by atoms with Gasteiger partial charge in [-0.25, -0.2) is 4.39 Å². The molecular weight excluding hydrogens is 276 g/mol. The number of halogens is 4. The summed E-state index contributed by atoms with van der Waals surface area (Å²) in [4.78, 5) is 11.9. The molecule has 0 bridgehead atoms. The first-order valence-corrected chi connectivity index (χ1v) is 6.26. The van der Waals surface area contributed by atoms with E-state index >= 15 is 0 Å². The van der Waals surface area contributed by atoms with Crippen LogP contribution in [0.3, 0.4) is 0 Å². The Morgan fingerprint density at radius 1 is 1.35 bits per heavy atom. The largest absolute Gasteiger partial charge is 0.416 e. The van der Waals surface area contributed by atoms with E-state index in [-0.39, 0.29) is 6.04 Å². The van der Waals surface area contributed by atoms with Gasteiger partial charge < -0.3 is 10.6 Å². The van der Waals surface area contributed by atoms with Crippen LogP contribution in [0.15, 0.2) is 18.2 Å². The van der Waals surface area contributed by atoms with Gasteiger partial charge in [0.15, 0.2) is 0 Å². The number of amides is 1. The zero-order valence-corrected chi connectivity index (χ0v) is 10.6. The molecule has 1 fully saturated rings. The van der Waals surface area contributed by atoms with E-state index in [0.717, 1.165) is 19.4 Å². The zero-order valence-electron chi connectivity index (χ0n) is 10.6. The van der Waals surface area contributed by atoms with Crippen LogP contribution >= 0.6 is 0 Å². The molecule has 7 heteroatoms. The molecule has 3 nitrogen and oxygen atoms in total. The van der Waals surface area contributed by atoms with E-state index in [1.54, 1.807) is 0 Å². The first-order valence-electron chi connectivity index (χ1n) is 6.26. The molecule has 0 radical (unpaired) electrons. The first-order chi connectivity index (χ1) is 9.38. The Kier molecular flexibility index (Phi) is 4.27. The molecule has 1 saturated heterocycles. The predicted octanol–water partition coefficient (Wildman–Crippen LogP) is 2.33. The van der Waals surface area contributed by atoms with Gasteiger partial charge in [0, 0.05) is 12.6 Å². The van der Waals surface area contributed by atoms with E-state index in [9.17, 15) is 22.4 Å². The average Bonchev–Trinajstić information content (AvgIpc) is 2.39. The fourth-order valence-electron chi connectivity index (χ4n) is 2.11. The highest BCUT2D eigenvalue weighted by atomic mass is 19.4. The van der Waals surface area contributed by atoms with Gasteiger partial charge >= 0.3 is 6.18 Å². The van der Waals surface area contributed by atoms with Gasteiger partial charge in [0.25, 0.3) is 5.91 Å². The third-order valence-electron chi connectivity index (χ3n) is 3.17. The van der Waals surface area contributed by atoms with Gasteiger partial charge in [0.1, 0.15) is 5.82 Å². The van der Waals surface area contributed by atoms with Crippen molar-refractivity contribution in [3.05, 3.63) is 35.1 Å². The van der Waals surface area contributed by atoms with E-state index in [2.05, 4.69) is 10.6 Å². The van der Waals surface area contributed by atoms with Crippen LogP contribution in [0.1, 0.15) is 28.8 Å². The molecule has 0 saturated carbocycles. The monoisotopic (exact) mass is 290 g/mol. The predicted molar refractivity (Wildman–Crippen MR) is 64.8 cm³/mol. The number of benzene rings is 1. The van der Waals surface area contributed by atoms with Crippen LogP contribution in [-0.4, -0.2) is 25.0 Å². The normalized spacial score (nSPS) is 19.7. The van der Waals surface area contributed by atoms with Gasteiger partial charge in [0.05, 0.1) is 11.1 Å². The molecule has 1 aromatic rings. The number of piperidine rings is 1. The van der Waals surface area contributed by atoms with Crippen molar-refractivity contribution < 1.29 is 22.4 Å².